The van der Waals surface area contributed by atoms with E-state index in [4.69, 9.17) is 9.47 Å². The van der Waals surface area contributed by atoms with E-state index in [2.05, 4.69) is 30.3 Å². The number of hydrogen-bond acceptors (Lipinski definition) is 8. The van der Waals surface area contributed by atoms with Gasteiger partial charge in [-0.15, -0.1) is 11.8 Å². The Morgan fingerprint density at radius 2 is 1.80 bits per heavy atom. The fourth-order valence-electron chi connectivity index (χ4n) is 4.05. The third-order valence-electron chi connectivity index (χ3n) is 6.04. The second kappa shape index (κ2) is 13.7. The average molecular weight is 588 g/mol. The summed E-state index contributed by atoms with van der Waals surface area (Å²) >= 11 is 1.54. The quantitative estimate of drug-likeness (QED) is 0.260. The lowest BCUT2D eigenvalue weighted by atomic mass is 10.1. The molecule has 0 radical (unpaired) electrons. The van der Waals surface area contributed by atoms with E-state index in [1.807, 2.05) is 30.3 Å². The lowest BCUT2D eigenvalue weighted by Crippen LogP contribution is -2.51. The van der Waals surface area contributed by atoms with Crippen LogP contribution in [-0.2, 0) is 14.3 Å². The first kappa shape index (κ1) is 31.7. The first-order valence-corrected chi connectivity index (χ1v) is 18.2. The highest BCUT2D eigenvalue weighted by molar-refractivity contribution is 7.99. The van der Waals surface area contributed by atoms with E-state index < -0.39 is 43.9 Å². The van der Waals surface area contributed by atoms with Gasteiger partial charge in [-0.25, -0.2) is 14.5 Å². The SMILES string of the molecule is CC(C)(C)OC(=O)[C@@H]1CS[C@H](c2ccccc2)N1[C@H](O)CNC(=O)Nc1cccc(C(=O)OCC[Si](C)(C)C)c1. The highest BCUT2D eigenvalue weighted by Gasteiger charge is 2.44. The van der Waals surface area contributed by atoms with E-state index in [-0.39, 0.29) is 11.9 Å². The van der Waals surface area contributed by atoms with E-state index in [1.165, 1.54) is 11.8 Å². The Morgan fingerprint density at radius 3 is 2.45 bits per heavy atom. The molecule has 11 heteroatoms. The fourth-order valence-corrected chi connectivity index (χ4v) is 6.25. The van der Waals surface area contributed by atoms with Gasteiger partial charge in [-0.3, -0.25) is 4.79 Å². The van der Waals surface area contributed by atoms with Crippen molar-refractivity contribution in [3.8, 4) is 0 Å². The van der Waals surface area contributed by atoms with E-state index in [0.717, 1.165) is 11.6 Å². The van der Waals surface area contributed by atoms with E-state index in [1.54, 1.807) is 49.9 Å². The molecule has 3 rings (SSSR count). The Kier molecular flexibility index (Phi) is 10.8. The molecular weight excluding hydrogens is 546 g/mol. The molecule has 2 amide bonds. The number of carbonyl (C=O) groups excluding carboxylic acids is 3. The van der Waals surface area contributed by atoms with Crippen LogP contribution in [0.3, 0.4) is 0 Å². The Bertz CT molecular complexity index is 1170. The van der Waals surface area contributed by atoms with Gasteiger partial charge in [0, 0.05) is 19.5 Å². The van der Waals surface area contributed by atoms with Crippen LogP contribution in [0.25, 0.3) is 0 Å². The molecule has 3 N–H and O–H groups in total. The van der Waals surface area contributed by atoms with Gasteiger partial charge in [-0.2, -0.15) is 0 Å². The standard InChI is InChI=1S/C29H41N3O6SSi/c1-29(2,3)38-27(35)23-19-39-25(20-11-8-7-9-12-20)32(23)24(33)18-30-28(36)31-22-14-10-13-21(17-22)26(34)37-15-16-40(4,5)6/h7-14,17,23-25,33H,15-16,18-19H2,1-6H3,(H2,30,31,36)/t23-,24+,25+/m0/s1. The molecule has 0 saturated carbocycles. The number of nitrogens with zero attached hydrogens (tertiary/aromatic N) is 1. The van der Waals surface area contributed by atoms with E-state index >= 15 is 0 Å². The third kappa shape index (κ3) is 9.65. The number of ether oxygens (including phenoxy) is 2. The van der Waals surface area contributed by atoms with Crippen LogP contribution in [0.5, 0.6) is 0 Å². The molecule has 0 bridgehead atoms. The number of aliphatic hydroxyl groups excluding tert-OH is 1. The molecule has 0 unspecified atom stereocenters. The number of thioether (sulfide) groups is 1. The molecule has 9 nitrogen and oxygen atoms in total. The molecule has 1 aliphatic heterocycles. The number of rotatable bonds is 10. The molecule has 0 aromatic heterocycles. The molecule has 3 atom stereocenters. The monoisotopic (exact) mass is 587 g/mol. The zero-order chi connectivity index (χ0) is 29.5. The summed E-state index contributed by atoms with van der Waals surface area (Å²) in [4.78, 5) is 39.8. The van der Waals surface area contributed by atoms with Crippen LogP contribution in [0.1, 0.15) is 42.1 Å². The van der Waals surface area contributed by atoms with Crippen LogP contribution >= 0.6 is 11.8 Å². The Balaban J connectivity index is 1.62. The van der Waals surface area contributed by atoms with Crippen LogP contribution in [-0.4, -0.2) is 72.8 Å². The van der Waals surface area contributed by atoms with Crippen molar-refractivity contribution in [3.05, 3.63) is 65.7 Å². The van der Waals surface area contributed by atoms with Crippen LogP contribution in [0.4, 0.5) is 10.5 Å². The Labute approximate surface area is 242 Å². The molecule has 1 heterocycles. The second-order valence-electron chi connectivity index (χ2n) is 11.9. The highest BCUT2D eigenvalue weighted by atomic mass is 32.2. The topological polar surface area (TPSA) is 117 Å². The minimum Gasteiger partial charge on any atom is -0.462 e. The molecule has 2 aromatic carbocycles. The summed E-state index contributed by atoms with van der Waals surface area (Å²) in [6, 6.07) is 15.7. The van der Waals surface area contributed by atoms with Crippen molar-refractivity contribution in [3.63, 3.8) is 0 Å². The number of urea groups is 1. The Hall–Kier alpha value is -2.86. The predicted octanol–water partition coefficient (Wildman–Crippen LogP) is 5.08. The van der Waals surface area contributed by atoms with Crippen molar-refractivity contribution in [2.45, 2.75) is 69.7 Å². The lowest BCUT2D eigenvalue weighted by Gasteiger charge is -2.34. The number of nitrogens with one attached hydrogen (secondary N) is 2. The fraction of sp³-hybridized carbons (Fsp3) is 0.483. The molecule has 40 heavy (non-hydrogen) atoms. The smallest absolute Gasteiger partial charge is 0.338 e. The third-order valence-corrected chi connectivity index (χ3v) is 9.08. The summed E-state index contributed by atoms with van der Waals surface area (Å²) in [6.07, 6.45) is -1.16. The average Bonchev–Trinajstić information content (AvgIpc) is 3.32. The minimum atomic E-state index is -1.32. The van der Waals surface area contributed by atoms with Crippen LogP contribution < -0.4 is 10.6 Å². The number of aliphatic hydroxyl groups is 1. The van der Waals surface area contributed by atoms with Gasteiger partial charge in [-0.1, -0.05) is 56.0 Å². The first-order chi connectivity index (χ1) is 18.7. The van der Waals surface area contributed by atoms with Gasteiger partial charge in [0.05, 0.1) is 24.1 Å². The first-order valence-electron chi connectivity index (χ1n) is 13.4. The van der Waals surface area contributed by atoms with Crippen LogP contribution in [0, 0.1) is 0 Å². The van der Waals surface area contributed by atoms with Crippen molar-refractivity contribution in [2.24, 2.45) is 0 Å². The number of amides is 2. The highest BCUT2D eigenvalue weighted by Crippen LogP contribution is 2.42. The maximum absolute atomic E-state index is 13.0. The predicted molar refractivity (Wildman–Crippen MR) is 161 cm³/mol. The molecular formula is C29H41N3O6SSi. The maximum Gasteiger partial charge on any atom is 0.338 e. The number of hydrogen-bond donors (Lipinski definition) is 3. The molecule has 218 valence electrons. The summed E-state index contributed by atoms with van der Waals surface area (Å²) in [5, 5.41) is 16.3. The lowest BCUT2D eigenvalue weighted by molar-refractivity contribution is -0.164. The molecule has 0 aliphatic carbocycles. The summed E-state index contributed by atoms with van der Waals surface area (Å²) in [5.41, 5.74) is 1.03. The van der Waals surface area contributed by atoms with Crippen molar-refractivity contribution >= 4 is 43.5 Å². The normalized spacial score (nSPS) is 18.6. The maximum atomic E-state index is 13.0. The van der Waals surface area contributed by atoms with Gasteiger partial charge in [-0.05, 0) is 50.6 Å². The zero-order valence-electron chi connectivity index (χ0n) is 24.1. The molecule has 1 saturated heterocycles. The Morgan fingerprint density at radius 1 is 1.10 bits per heavy atom. The largest absolute Gasteiger partial charge is 0.462 e. The van der Waals surface area contributed by atoms with Crippen LogP contribution in [0.2, 0.25) is 25.7 Å². The van der Waals surface area contributed by atoms with Gasteiger partial charge in [0.15, 0.2) is 0 Å². The van der Waals surface area contributed by atoms with Crippen molar-refractivity contribution < 1.29 is 29.0 Å². The molecule has 0 spiro atoms. The minimum absolute atomic E-state index is 0.131. The van der Waals surface area contributed by atoms with Crippen molar-refractivity contribution in [1.82, 2.24) is 10.2 Å². The van der Waals surface area contributed by atoms with Crippen molar-refractivity contribution in [2.75, 3.05) is 24.2 Å². The van der Waals surface area contributed by atoms with Gasteiger partial charge in [0.1, 0.15) is 17.9 Å². The van der Waals surface area contributed by atoms with Crippen molar-refractivity contribution in [1.29, 1.82) is 0 Å². The number of anilines is 1. The molecule has 2 aromatic rings. The van der Waals surface area contributed by atoms with Gasteiger partial charge >= 0.3 is 18.0 Å². The number of benzene rings is 2. The van der Waals surface area contributed by atoms with E-state index in [9.17, 15) is 19.5 Å². The molecule has 1 fully saturated rings. The molecule has 1 aliphatic rings. The van der Waals surface area contributed by atoms with Gasteiger partial charge < -0.3 is 25.2 Å². The zero-order valence-corrected chi connectivity index (χ0v) is 25.9. The summed E-state index contributed by atoms with van der Waals surface area (Å²) in [6.45, 7) is 12.3. The summed E-state index contributed by atoms with van der Waals surface area (Å²) in [5.74, 6) is -0.418. The van der Waals surface area contributed by atoms with Gasteiger partial charge in [0.25, 0.3) is 0 Å². The second-order valence-corrected chi connectivity index (χ2v) is 18.7. The number of esters is 2. The van der Waals surface area contributed by atoms with Gasteiger partial charge in [0.2, 0.25) is 0 Å². The summed E-state index contributed by atoms with van der Waals surface area (Å²) < 4.78 is 11.0. The number of carbonyl (C=O) groups is 3. The summed E-state index contributed by atoms with van der Waals surface area (Å²) in [7, 11) is -1.32. The van der Waals surface area contributed by atoms with E-state index in [0.29, 0.717) is 23.6 Å². The van der Waals surface area contributed by atoms with Crippen LogP contribution in [0.15, 0.2) is 54.6 Å².